The summed E-state index contributed by atoms with van der Waals surface area (Å²) >= 11 is 0. The summed E-state index contributed by atoms with van der Waals surface area (Å²) in [5.74, 6) is -1.56. The fourth-order valence-corrected chi connectivity index (χ4v) is 4.57. The Morgan fingerprint density at radius 2 is 1.03 bits per heavy atom. The predicted molar refractivity (Wildman–Crippen MR) is 131 cm³/mol. The zero-order chi connectivity index (χ0) is 24.2. The van der Waals surface area contributed by atoms with Gasteiger partial charge in [-0.3, -0.25) is 29.2 Å². The third kappa shape index (κ3) is 10.0. The molecule has 0 aromatic heterocycles. The molecule has 4 N–H and O–H groups in total. The highest BCUT2D eigenvalue weighted by molar-refractivity contribution is 5.69. The minimum Gasteiger partial charge on any atom is -0.480 e. The molecule has 190 valence electrons. The smallest absolute Gasteiger partial charge is 0.317 e. The Bertz CT molecular complexity index is 720. The lowest BCUT2D eigenvalue weighted by molar-refractivity contribution is -0.139. The van der Waals surface area contributed by atoms with Crippen LogP contribution >= 0.6 is 0 Å². The van der Waals surface area contributed by atoms with Crippen molar-refractivity contribution in [3.8, 4) is 0 Å². The first kappa shape index (κ1) is 26.5. The van der Waals surface area contributed by atoms with Crippen LogP contribution in [0.3, 0.4) is 0 Å². The minimum absolute atomic E-state index is 0.0829. The molecule has 1 aromatic rings. The molecule has 2 aliphatic heterocycles. The molecule has 2 fully saturated rings. The van der Waals surface area contributed by atoms with Crippen molar-refractivity contribution in [2.24, 2.45) is 0 Å². The Hall–Kier alpha value is -2.08. The first-order valence-corrected chi connectivity index (χ1v) is 12.3. The van der Waals surface area contributed by atoms with E-state index >= 15 is 0 Å². The monoisotopic (exact) mass is 476 g/mol. The van der Waals surface area contributed by atoms with Crippen LogP contribution in [0.4, 0.5) is 0 Å². The van der Waals surface area contributed by atoms with Crippen molar-refractivity contribution < 1.29 is 19.8 Å². The van der Waals surface area contributed by atoms with Crippen molar-refractivity contribution in [2.75, 3.05) is 91.6 Å². The Balaban J connectivity index is 1.56. The molecular formula is C24H40N6O4. The van der Waals surface area contributed by atoms with Crippen LogP contribution in [-0.4, -0.2) is 133 Å². The van der Waals surface area contributed by atoms with Crippen LogP contribution in [0.15, 0.2) is 24.3 Å². The van der Waals surface area contributed by atoms with Crippen molar-refractivity contribution in [3.05, 3.63) is 35.4 Å². The molecule has 0 radical (unpaired) electrons. The van der Waals surface area contributed by atoms with Crippen LogP contribution < -0.4 is 10.6 Å². The first-order valence-electron chi connectivity index (χ1n) is 12.3. The van der Waals surface area contributed by atoms with Crippen molar-refractivity contribution in [1.82, 2.24) is 30.2 Å². The second-order valence-corrected chi connectivity index (χ2v) is 9.21. The number of carbonyl (C=O) groups is 2. The van der Waals surface area contributed by atoms with Crippen molar-refractivity contribution in [3.63, 3.8) is 0 Å². The summed E-state index contributed by atoms with van der Waals surface area (Å²) in [6.07, 6.45) is 0. The minimum atomic E-state index is -0.778. The SMILES string of the molecule is O=C(O)CN1CCNCCN(Cc2cccc(CN3CCNCCN(CC(=O)O)CC3)c2)CC1. The Kier molecular flexibility index (Phi) is 11.2. The van der Waals surface area contributed by atoms with Gasteiger partial charge in [-0.2, -0.15) is 0 Å². The number of nitrogens with zero attached hydrogens (tertiary/aromatic N) is 4. The summed E-state index contributed by atoms with van der Waals surface area (Å²) in [6.45, 7) is 11.8. The summed E-state index contributed by atoms with van der Waals surface area (Å²) in [7, 11) is 0. The number of nitrogens with one attached hydrogen (secondary N) is 2. The van der Waals surface area contributed by atoms with Gasteiger partial charge in [-0.05, 0) is 11.1 Å². The van der Waals surface area contributed by atoms with Gasteiger partial charge in [0.15, 0.2) is 0 Å². The molecule has 0 saturated carbocycles. The average molecular weight is 477 g/mol. The lowest BCUT2D eigenvalue weighted by Crippen LogP contribution is -2.38. The van der Waals surface area contributed by atoms with Gasteiger partial charge in [0.1, 0.15) is 0 Å². The fraction of sp³-hybridized carbons (Fsp3) is 0.667. The van der Waals surface area contributed by atoms with E-state index < -0.39 is 11.9 Å². The maximum absolute atomic E-state index is 11.1. The van der Waals surface area contributed by atoms with Crippen LogP contribution in [-0.2, 0) is 22.7 Å². The third-order valence-corrected chi connectivity index (χ3v) is 6.41. The van der Waals surface area contributed by atoms with Crippen LogP contribution in [0.2, 0.25) is 0 Å². The molecular weight excluding hydrogens is 436 g/mol. The van der Waals surface area contributed by atoms with Gasteiger partial charge in [-0.1, -0.05) is 24.3 Å². The van der Waals surface area contributed by atoms with Crippen LogP contribution in [0.25, 0.3) is 0 Å². The molecule has 0 spiro atoms. The van der Waals surface area contributed by atoms with E-state index in [9.17, 15) is 9.59 Å². The summed E-state index contributed by atoms with van der Waals surface area (Å²) < 4.78 is 0. The number of carboxylic acid groups (broad SMARTS) is 2. The molecule has 10 nitrogen and oxygen atoms in total. The standard InChI is InChI=1S/C24H40N6O4/c31-23(32)19-29-10-6-25-4-8-27(12-14-29)17-21-2-1-3-22(16-21)18-28-9-5-26-7-11-30(15-13-28)20-24(33)34/h1-3,16,25-26H,4-15,17-20H2,(H,31,32)(H,33,34). The van der Waals surface area contributed by atoms with Gasteiger partial charge in [-0.25, -0.2) is 0 Å². The van der Waals surface area contributed by atoms with Crippen LogP contribution in [0.1, 0.15) is 11.1 Å². The van der Waals surface area contributed by atoms with Crippen molar-refractivity contribution in [2.45, 2.75) is 13.1 Å². The van der Waals surface area contributed by atoms with E-state index in [-0.39, 0.29) is 13.1 Å². The van der Waals surface area contributed by atoms with Crippen molar-refractivity contribution in [1.29, 1.82) is 0 Å². The number of carboxylic acids is 2. The Morgan fingerprint density at radius 3 is 1.44 bits per heavy atom. The maximum Gasteiger partial charge on any atom is 0.317 e. The molecule has 1 aromatic carbocycles. The predicted octanol–water partition coefficient (Wildman–Crippen LogP) is -0.730. The normalized spacial score (nSPS) is 20.9. The number of hydrogen-bond acceptors (Lipinski definition) is 8. The summed E-state index contributed by atoms with van der Waals surface area (Å²) in [4.78, 5) is 31.0. The lowest BCUT2D eigenvalue weighted by atomic mass is 10.1. The van der Waals surface area contributed by atoms with E-state index in [0.29, 0.717) is 0 Å². The van der Waals surface area contributed by atoms with Gasteiger partial charge in [0, 0.05) is 91.6 Å². The highest BCUT2D eigenvalue weighted by Gasteiger charge is 2.16. The fourth-order valence-electron chi connectivity index (χ4n) is 4.57. The van der Waals surface area contributed by atoms with Gasteiger partial charge in [0.2, 0.25) is 0 Å². The molecule has 0 unspecified atom stereocenters. The quantitative estimate of drug-likeness (QED) is 0.383. The summed E-state index contributed by atoms with van der Waals surface area (Å²) in [5, 5.41) is 25.1. The van der Waals surface area contributed by atoms with E-state index in [2.05, 4.69) is 44.7 Å². The molecule has 2 saturated heterocycles. The molecule has 0 atom stereocenters. The highest BCUT2D eigenvalue weighted by atomic mass is 16.4. The second-order valence-electron chi connectivity index (χ2n) is 9.21. The molecule has 0 amide bonds. The molecule has 34 heavy (non-hydrogen) atoms. The Morgan fingerprint density at radius 1 is 0.647 bits per heavy atom. The van der Waals surface area contributed by atoms with Crippen molar-refractivity contribution >= 4 is 11.9 Å². The summed E-state index contributed by atoms with van der Waals surface area (Å²) in [5.41, 5.74) is 2.52. The molecule has 0 aliphatic carbocycles. The summed E-state index contributed by atoms with van der Waals surface area (Å²) in [6, 6.07) is 8.70. The highest BCUT2D eigenvalue weighted by Crippen LogP contribution is 2.12. The first-order chi connectivity index (χ1) is 16.5. The van der Waals surface area contributed by atoms with Crippen LogP contribution in [0, 0.1) is 0 Å². The van der Waals surface area contributed by atoms with Gasteiger partial charge in [0.05, 0.1) is 13.1 Å². The van der Waals surface area contributed by atoms with E-state index in [4.69, 9.17) is 10.2 Å². The lowest BCUT2D eigenvalue weighted by Gasteiger charge is -2.26. The second kappa shape index (κ2) is 14.3. The van der Waals surface area contributed by atoms with Gasteiger partial charge in [-0.15, -0.1) is 0 Å². The molecule has 2 aliphatic rings. The largest absolute Gasteiger partial charge is 0.480 e. The zero-order valence-corrected chi connectivity index (χ0v) is 20.1. The van der Waals surface area contributed by atoms with Gasteiger partial charge >= 0.3 is 11.9 Å². The van der Waals surface area contributed by atoms with Gasteiger partial charge < -0.3 is 20.8 Å². The molecule has 2 heterocycles. The van der Waals surface area contributed by atoms with E-state index in [0.717, 1.165) is 91.6 Å². The number of aliphatic carboxylic acids is 2. The van der Waals surface area contributed by atoms with E-state index in [1.807, 2.05) is 9.80 Å². The van der Waals surface area contributed by atoms with Gasteiger partial charge in [0.25, 0.3) is 0 Å². The molecule has 3 rings (SSSR count). The van der Waals surface area contributed by atoms with E-state index in [1.54, 1.807) is 0 Å². The maximum atomic E-state index is 11.1. The number of benzene rings is 1. The zero-order valence-electron chi connectivity index (χ0n) is 20.1. The average Bonchev–Trinajstić information content (AvgIpc) is 2.95. The number of hydrogen-bond donors (Lipinski definition) is 4. The Labute approximate surface area is 202 Å². The molecule has 10 heteroatoms. The van der Waals surface area contributed by atoms with E-state index in [1.165, 1.54) is 11.1 Å². The third-order valence-electron chi connectivity index (χ3n) is 6.41. The van der Waals surface area contributed by atoms with Crippen LogP contribution in [0.5, 0.6) is 0 Å². The topological polar surface area (TPSA) is 112 Å². The molecule has 0 bridgehead atoms. The number of rotatable bonds is 8.